The minimum atomic E-state index is 0.0920. The van der Waals surface area contributed by atoms with Crippen molar-refractivity contribution < 1.29 is 0 Å². The van der Waals surface area contributed by atoms with E-state index >= 15 is 0 Å². The van der Waals surface area contributed by atoms with Gasteiger partial charge in [-0.15, -0.1) is 6.42 Å². The lowest BCUT2D eigenvalue weighted by Gasteiger charge is -2.21. The molecule has 0 amide bonds. The molecular formula is C14H17Cl2N. The van der Waals surface area contributed by atoms with Crippen molar-refractivity contribution in [1.82, 2.24) is 5.32 Å². The zero-order valence-corrected chi connectivity index (χ0v) is 11.6. The molecule has 0 spiro atoms. The van der Waals surface area contributed by atoms with Crippen LogP contribution in [0.25, 0.3) is 0 Å². The summed E-state index contributed by atoms with van der Waals surface area (Å²) in [6.07, 6.45) is 7.32. The van der Waals surface area contributed by atoms with E-state index in [1.807, 2.05) is 18.2 Å². The molecule has 1 aromatic carbocycles. The molecule has 0 heterocycles. The Balaban J connectivity index is 2.86. The van der Waals surface area contributed by atoms with E-state index < -0.39 is 0 Å². The highest BCUT2D eigenvalue weighted by Gasteiger charge is 2.13. The van der Waals surface area contributed by atoms with E-state index in [0.717, 1.165) is 18.4 Å². The fourth-order valence-corrected chi connectivity index (χ4v) is 2.01. The summed E-state index contributed by atoms with van der Waals surface area (Å²) in [6, 6.07) is 6.01. The van der Waals surface area contributed by atoms with Gasteiger partial charge in [0, 0.05) is 6.04 Å². The standard InChI is InChI=1S/C14H17Cl2N/c1-4-11(5-2)17-14(6-3)10-7-8-12(15)13(16)9-10/h1,7-9,11,14,17H,5-6H2,2-3H3. The monoisotopic (exact) mass is 269 g/mol. The van der Waals surface area contributed by atoms with E-state index in [4.69, 9.17) is 29.6 Å². The van der Waals surface area contributed by atoms with Crippen LogP contribution in [0.1, 0.15) is 38.3 Å². The van der Waals surface area contributed by atoms with Gasteiger partial charge >= 0.3 is 0 Å². The molecular weight excluding hydrogens is 253 g/mol. The molecule has 2 atom stereocenters. The minimum Gasteiger partial charge on any atom is -0.297 e. The van der Waals surface area contributed by atoms with Gasteiger partial charge in [0.15, 0.2) is 0 Å². The van der Waals surface area contributed by atoms with E-state index in [9.17, 15) is 0 Å². The third-order valence-corrected chi connectivity index (χ3v) is 3.51. The summed E-state index contributed by atoms with van der Waals surface area (Å²) < 4.78 is 0. The molecule has 92 valence electrons. The Morgan fingerprint density at radius 3 is 2.41 bits per heavy atom. The molecule has 0 saturated heterocycles. The van der Waals surface area contributed by atoms with Crippen LogP contribution in [0.2, 0.25) is 10.0 Å². The summed E-state index contributed by atoms with van der Waals surface area (Å²) in [5.41, 5.74) is 1.12. The number of hydrogen-bond acceptors (Lipinski definition) is 1. The van der Waals surface area contributed by atoms with Gasteiger partial charge in [0.2, 0.25) is 0 Å². The Hall–Kier alpha value is -0.680. The van der Waals surface area contributed by atoms with Crippen molar-refractivity contribution >= 4 is 23.2 Å². The first-order valence-corrected chi connectivity index (χ1v) is 6.55. The molecule has 1 nitrogen and oxygen atoms in total. The first-order chi connectivity index (χ1) is 8.12. The van der Waals surface area contributed by atoms with Crippen molar-refractivity contribution in [2.24, 2.45) is 0 Å². The molecule has 0 bridgehead atoms. The second kappa shape index (κ2) is 6.91. The van der Waals surface area contributed by atoms with Crippen LogP contribution in [-0.2, 0) is 0 Å². The highest BCUT2D eigenvalue weighted by atomic mass is 35.5. The Kier molecular flexibility index (Phi) is 5.85. The van der Waals surface area contributed by atoms with Crippen molar-refractivity contribution in [3.8, 4) is 12.3 Å². The molecule has 1 aromatic rings. The number of hydrogen-bond donors (Lipinski definition) is 1. The van der Waals surface area contributed by atoms with E-state index in [-0.39, 0.29) is 12.1 Å². The molecule has 0 fully saturated rings. The van der Waals surface area contributed by atoms with E-state index in [2.05, 4.69) is 25.1 Å². The SMILES string of the molecule is C#CC(CC)NC(CC)c1ccc(Cl)c(Cl)c1. The van der Waals surface area contributed by atoms with Crippen LogP contribution in [0.3, 0.4) is 0 Å². The third kappa shape index (κ3) is 3.92. The number of nitrogens with one attached hydrogen (secondary N) is 1. The molecule has 17 heavy (non-hydrogen) atoms. The predicted octanol–water partition coefficient (Wildman–Crippen LogP) is 4.45. The molecule has 2 unspecified atom stereocenters. The molecule has 3 heteroatoms. The summed E-state index contributed by atoms with van der Waals surface area (Å²) in [5, 5.41) is 4.59. The maximum atomic E-state index is 6.02. The summed E-state index contributed by atoms with van der Waals surface area (Å²) in [6.45, 7) is 4.18. The van der Waals surface area contributed by atoms with E-state index in [1.165, 1.54) is 0 Å². The van der Waals surface area contributed by atoms with Crippen molar-refractivity contribution in [2.75, 3.05) is 0 Å². The van der Waals surface area contributed by atoms with Gasteiger partial charge in [-0.05, 0) is 30.5 Å². The smallest absolute Gasteiger partial charge is 0.0689 e. The second-order valence-electron chi connectivity index (χ2n) is 3.93. The first kappa shape index (κ1) is 14.4. The lowest BCUT2D eigenvalue weighted by Crippen LogP contribution is -2.30. The van der Waals surface area contributed by atoms with Gasteiger partial charge in [-0.1, -0.05) is 49.0 Å². The molecule has 0 aliphatic heterocycles. The third-order valence-electron chi connectivity index (χ3n) is 2.77. The van der Waals surface area contributed by atoms with Gasteiger partial charge in [0.05, 0.1) is 16.1 Å². The first-order valence-electron chi connectivity index (χ1n) is 5.79. The lowest BCUT2D eigenvalue weighted by molar-refractivity contribution is 0.472. The van der Waals surface area contributed by atoms with Crippen LogP contribution in [0.4, 0.5) is 0 Å². The lowest BCUT2D eigenvalue weighted by atomic mass is 10.0. The van der Waals surface area contributed by atoms with E-state index in [1.54, 1.807) is 0 Å². The zero-order valence-electron chi connectivity index (χ0n) is 10.1. The van der Waals surface area contributed by atoms with Gasteiger partial charge in [-0.2, -0.15) is 0 Å². The fraction of sp³-hybridized carbons (Fsp3) is 0.429. The molecule has 0 aliphatic carbocycles. The van der Waals surface area contributed by atoms with Crippen molar-refractivity contribution in [1.29, 1.82) is 0 Å². The fourth-order valence-electron chi connectivity index (χ4n) is 1.71. The van der Waals surface area contributed by atoms with Crippen molar-refractivity contribution in [3.05, 3.63) is 33.8 Å². The van der Waals surface area contributed by atoms with Gasteiger partial charge in [-0.25, -0.2) is 0 Å². The predicted molar refractivity (Wildman–Crippen MR) is 75.5 cm³/mol. The summed E-state index contributed by atoms with van der Waals surface area (Å²) in [4.78, 5) is 0. The van der Waals surface area contributed by atoms with Gasteiger partial charge in [0.25, 0.3) is 0 Å². The van der Waals surface area contributed by atoms with Crippen molar-refractivity contribution in [3.63, 3.8) is 0 Å². The van der Waals surface area contributed by atoms with Crippen LogP contribution in [0, 0.1) is 12.3 Å². The van der Waals surface area contributed by atoms with Gasteiger partial charge < -0.3 is 0 Å². The van der Waals surface area contributed by atoms with Gasteiger partial charge in [0.1, 0.15) is 0 Å². The Labute approximate surface area is 114 Å². The molecule has 1 N–H and O–H groups in total. The zero-order chi connectivity index (χ0) is 12.8. The normalized spacial score (nSPS) is 14.1. The summed E-state index contributed by atoms with van der Waals surface area (Å²) in [7, 11) is 0. The molecule has 0 radical (unpaired) electrons. The maximum absolute atomic E-state index is 6.02. The maximum Gasteiger partial charge on any atom is 0.0689 e. The summed E-state index contributed by atoms with van der Waals surface area (Å²) >= 11 is 11.9. The topological polar surface area (TPSA) is 12.0 Å². The Bertz CT molecular complexity index is 409. The molecule has 0 aliphatic rings. The van der Waals surface area contributed by atoms with Crippen LogP contribution in [-0.4, -0.2) is 6.04 Å². The van der Waals surface area contributed by atoms with Gasteiger partial charge in [-0.3, -0.25) is 5.32 Å². The largest absolute Gasteiger partial charge is 0.297 e. The van der Waals surface area contributed by atoms with Crippen LogP contribution in [0.15, 0.2) is 18.2 Å². The quantitative estimate of drug-likeness (QED) is 0.779. The minimum absolute atomic E-state index is 0.0920. The van der Waals surface area contributed by atoms with Crippen LogP contribution in [0.5, 0.6) is 0 Å². The molecule has 1 rings (SSSR count). The average Bonchev–Trinajstić information content (AvgIpc) is 2.35. The van der Waals surface area contributed by atoms with Crippen molar-refractivity contribution in [2.45, 2.75) is 38.8 Å². The Morgan fingerprint density at radius 2 is 1.94 bits per heavy atom. The second-order valence-corrected chi connectivity index (χ2v) is 4.74. The van der Waals surface area contributed by atoms with Crippen LogP contribution >= 0.6 is 23.2 Å². The van der Waals surface area contributed by atoms with Crippen LogP contribution < -0.4 is 5.32 Å². The number of rotatable bonds is 5. The number of benzene rings is 1. The summed E-state index contributed by atoms with van der Waals surface area (Å²) in [5.74, 6) is 2.74. The number of terminal acetylenes is 1. The molecule has 0 aromatic heterocycles. The van der Waals surface area contributed by atoms with E-state index in [0.29, 0.717) is 10.0 Å². The number of halogens is 2. The highest BCUT2D eigenvalue weighted by Crippen LogP contribution is 2.27. The molecule has 0 saturated carbocycles. The Morgan fingerprint density at radius 1 is 1.24 bits per heavy atom. The average molecular weight is 270 g/mol. The highest BCUT2D eigenvalue weighted by molar-refractivity contribution is 6.42.